The van der Waals surface area contributed by atoms with Crippen LogP contribution in [-0.2, 0) is 23.9 Å². The van der Waals surface area contributed by atoms with E-state index in [1.807, 2.05) is 54.6 Å². The van der Waals surface area contributed by atoms with Crippen molar-refractivity contribution in [2.24, 2.45) is 0 Å². The summed E-state index contributed by atoms with van der Waals surface area (Å²) < 4.78 is 16.7. The lowest BCUT2D eigenvalue weighted by Crippen LogP contribution is -2.46. The Labute approximate surface area is 223 Å². The molecule has 0 aliphatic carbocycles. The van der Waals surface area contributed by atoms with Crippen LogP contribution in [0.3, 0.4) is 0 Å². The Balaban J connectivity index is 1.50. The smallest absolute Gasteiger partial charge is 0.336 e. The number of allylic oxidation sites excluding steroid dienone is 1. The molecule has 202 valence electrons. The minimum absolute atomic E-state index is 0.0430. The van der Waals surface area contributed by atoms with E-state index < -0.39 is 11.9 Å². The summed E-state index contributed by atoms with van der Waals surface area (Å²) in [4.78, 5) is 42.7. The summed E-state index contributed by atoms with van der Waals surface area (Å²) in [6.07, 6.45) is 0.0430. The van der Waals surface area contributed by atoms with Gasteiger partial charge in [-0.2, -0.15) is 0 Å². The fraction of sp³-hybridized carbons (Fsp3) is 0.414. The average molecular weight is 522 g/mol. The molecule has 1 atom stereocenters. The van der Waals surface area contributed by atoms with Crippen LogP contribution in [0.15, 0.2) is 65.9 Å². The van der Waals surface area contributed by atoms with E-state index in [-0.39, 0.29) is 31.4 Å². The van der Waals surface area contributed by atoms with Gasteiger partial charge >= 0.3 is 5.97 Å². The topological polar surface area (TPSA) is 97.4 Å². The average Bonchev–Trinajstić information content (AvgIpc) is 2.92. The molecule has 38 heavy (non-hydrogen) atoms. The third kappa shape index (κ3) is 6.99. The van der Waals surface area contributed by atoms with E-state index in [9.17, 15) is 14.4 Å². The zero-order chi connectivity index (χ0) is 26.9. The van der Waals surface area contributed by atoms with Crippen molar-refractivity contribution in [2.45, 2.75) is 26.2 Å². The number of rotatable bonds is 10. The van der Waals surface area contributed by atoms with E-state index in [0.29, 0.717) is 42.5 Å². The SMILES string of the molecule is CCOC(=O)C1=C(C)N(CC(=O)NCCN2CCOCC2)C(=O)CC1c1cccc(Oc2ccccc2)c1. The summed E-state index contributed by atoms with van der Waals surface area (Å²) in [5, 5.41) is 2.89. The Kier molecular flexibility index (Phi) is 9.51. The van der Waals surface area contributed by atoms with Crippen LogP contribution < -0.4 is 10.1 Å². The standard InChI is InChI=1S/C29H35N3O6/c1-3-37-29(35)28-21(2)32(20-26(33)30-12-13-31-14-16-36-17-15-31)27(34)19-25(28)22-8-7-11-24(18-22)38-23-9-5-4-6-10-23/h4-11,18,25H,3,12-17,19-20H2,1-2H3,(H,30,33). The number of esters is 1. The third-order valence-electron chi connectivity index (χ3n) is 6.71. The fourth-order valence-corrected chi connectivity index (χ4v) is 4.76. The normalized spacial score (nSPS) is 18.3. The minimum Gasteiger partial charge on any atom is -0.463 e. The van der Waals surface area contributed by atoms with E-state index in [0.717, 1.165) is 25.2 Å². The second-order valence-electron chi connectivity index (χ2n) is 9.25. The van der Waals surface area contributed by atoms with Gasteiger partial charge in [0.05, 0.1) is 25.4 Å². The number of morpholine rings is 1. The molecule has 1 saturated heterocycles. The Hall–Kier alpha value is -3.69. The molecular weight excluding hydrogens is 486 g/mol. The molecule has 0 saturated carbocycles. The van der Waals surface area contributed by atoms with Crippen LogP contribution in [0.4, 0.5) is 0 Å². The van der Waals surface area contributed by atoms with Gasteiger partial charge in [0.25, 0.3) is 0 Å². The number of benzene rings is 2. The number of carbonyl (C=O) groups excluding carboxylic acids is 3. The summed E-state index contributed by atoms with van der Waals surface area (Å²) in [6, 6.07) is 16.8. The van der Waals surface area contributed by atoms with Gasteiger partial charge in [-0.05, 0) is 43.7 Å². The number of hydrogen-bond donors (Lipinski definition) is 1. The Morgan fingerprint density at radius 1 is 1.05 bits per heavy atom. The third-order valence-corrected chi connectivity index (χ3v) is 6.71. The van der Waals surface area contributed by atoms with Crippen LogP contribution in [0.2, 0.25) is 0 Å². The zero-order valence-corrected chi connectivity index (χ0v) is 22.0. The first-order valence-electron chi connectivity index (χ1n) is 13.0. The summed E-state index contributed by atoms with van der Waals surface area (Å²) >= 11 is 0. The van der Waals surface area contributed by atoms with Crippen LogP contribution in [-0.4, -0.2) is 80.1 Å². The van der Waals surface area contributed by atoms with Gasteiger partial charge in [0.2, 0.25) is 11.8 Å². The van der Waals surface area contributed by atoms with Crippen LogP contribution in [0.1, 0.15) is 31.7 Å². The van der Waals surface area contributed by atoms with Crippen molar-refractivity contribution in [1.82, 2.24) is 15.1 Å². The molecule has 4 rings (SSSR count). The minimum atomic E-state index is -0.512. The molecule has 2 aromatic rings. The lowest BCUT2D eigenvalue weighted by Gasteiger charge is -2.34. The summed E-state index contributed by atoms with van der Waals surface area (Å²) in [7, 11) is 0. The number of hydrogen-bond acceptors (Lipinski definition) is 7. The Morgan fingerprint density at radius 2 is 1.79 bits per heavy atom. The lowest BCUT2D eigenvalue weighted by molar-refractivity contribution is -0.141. The van der Waals surface area contributed by atoms with Crippen molar-refractivity contribution >= 4 is 17.8 Å². The molecule has 2 heterocycles. The van der Waals surface area contributed by atoms with Gasteiger partial charge in [0.1, 0.15) is 18.0 Å². The maximum atomic E-state index is 13.3. The molecule has 0 spiro atoms. The molecule has 1 N–H and O–H groups in total. The monoisotopic (exact) mass is 521 g/mol. The highest BCUT2D eigenvalue weighted by Crippen LogP contribution is 2.38. The molecule has 2 aliphatic rings. The Bertz CT molecular complexity index is 1160. The van der Waals surface area contributed by atoms with Gasteiger partial charge in [0.15, 0.2) is 0 Å². The first kappa shape index (κ1) is 27.3. The summed E-state index contributed by atoms with van der Waals surface area (Å²) in [5.74, 6) is -0.211. The molecule has 2 aliphatic heterocycles. The van der Waals surface area contributed by atoms with Gasteiger partial charge in [-0.1, -0.05) is 30.3 Å². The first-order valence-corrected chi connectivity index (χ1v) is 13.0. The second kappa shape index (κ2) is 13.2. The largest absolute Gasteiger partial charge is 0.463 e. The number of nitrogens with zero attached hydrogens (tertiary/aromatic N) is 2. The van der Waals surface area contributed by atoms with Crippen LogP contribution in [0.5, 0.6) is 11.5 Å². The number of ether oxygens (including phenoxy) is 3. The lowest BCUT2D eigenvalue weighted by atomic mass is 9.83. The van der Waals surface area contributed by atoms with Gasteiger partial charge in [0, 0.05) is 44.2 Å². The molecule has 0 aromatic heterocycles. The van der Waals surface area contributed by atoms with Gasteiger partial charge in [-0.3, -0.25) is 14.5 Å². The van der Waals surface area contributed by atoms with Crippen molar-refractivity contribution in [2.75, 3.05) is 52.5 Å². The first-order chi connectivity index (χ1) is 18.5. The van der Waals surface area contributed by atoms with Crippen molar-refractivity contribution in [3.63, 3.8) is 0 Å². The van der Waals surface area contributed by atoms with E-state index in [1.54, 1.807) is 13.8 Å². The molecule has 0 bridgehead atoms. The van der Waals surface area contributed by atoms with E-state index in [4.69, 9.17) is 14.2 Å². The second-order valence-corrected chi connectivity index (χ2v) is 9.25. The number of amides is 2. The van der Waals surface area contributed by atoms with Crippen molar-refractivity contribution in [1.29, 1.82) is 0 Å². The molecule has 0 radical (unpaired) electrons. The molecule has 9 heteroatoms. The van der Waals surface area contributed by atoms with E-state index in [2.05, 4.69) is 10.2 Å². The van der Waals surface area contributed by atoms with Crippen LogP contribution in [0.25, 0.3) is 0 Å². The highest BCUT2D eigenvalue weighted by atomic mass is 16.5. The molecule has 9 nitrogen and oxygen atoms in total. The van der Waals surface area contributed by atoms with Crippen LogP contribution >= 0.6 is 0 Å². The fourth-order valence-electron chi connectivity index (χ4n) is 4.76. The quantitative estimate of drug-likeness (QED) is 0.480. The maximum absolute atomic E-state index is 13.3. The summed E-state index contributed by atoms with van der Waals surface area (Å²) in [5.41, 5.74) is 1.58. The molecule has 2 amide bonds. The Morgan fingerprint density at radius 3 is 2.53 bits per heavy atom. The van der Waals surface area contributed by atoms with Crippen LogP contribution in [0, 0.1) is 0 Å². The molecular formula is C29H35N3O6. The number of nitrogens with one attached hydrogen (secondary N) is 1. The highest BCUT2D eigenvalue weighted by molar-refractivity contribution is 5.97. The van der Waals surface area contributed by atoms with Gasteiger partial charge in [-0.25, -0.2) is 4.79 Å². The van der Waals surface area contributed by atoms with E-state index >= 15 is 0 Å². The van der Waals surface area contributed by atoms with Crippen molar-refractivity contribution in [3.8, 4) is 11.5 Å². The zero-order valence-electron chi connectivity index (χ0n) is 22.0. The molecule has 1 unspecified atom stereocenters. The van der Waals surface area contributed by atoms with Gasteiger partial charge < -0.3 is 24.4 Å². The predicted octanol–water partition coefficient (Wildman–Crippen LogP) is 3.08. The van der Waals surface area contributed by atoms with Crippen molar-refractivity contribution < 1.29 is 28.6 Å². The summed E-state index contributed by atoms with van der Waals surface area (Å²) in [6.45, 7) is 7.75. The molecule has 1 fully saturated rings. The number of para-hydroxylation sites is 1. The predicted molar refractivity (Wildman–Crippen MR) is 142 cm³/mol. The highest BCUT2D eigenvalue weighted by Gasteiger charge is 2.37. The molecule has 2 aromatic carbocycles. The van der Waals surface area contributed by atoms with Crippen molar-refractivity contribution in [3.05, 3.63) is 71.4 Å². The number of carbonyl (C=O) groups is 3. The maximum Gasteiger partial charge on any atom is 0.336 e. The van der Waals surface area contributed by atoms with E-state index in [1.165, 1.54) is 4.90 Å². The van der Waals surface area contributed by atoms with Gasteiger partial charge in [-0.15, -0.1) is 0 Å².